The van der Waals surface area contributed by atoms with Gasteiger partial charge in [-0.1, -0.05) is 24.3 Å². The van der Waals surface area contributed by atoms with E-state index in [-0.39, 0.29) is 12.4 Å². The van der Waals surface area contributed by atoms with E-state index in [0.717, 1.165) is 11.3 Å². The standard InChI is InChI=1S/C14H13NO2.ClH/c1-10-7-8-12(9-13(10)14(15)16)17-11-5-3-2-4-6-11;/h2-9H,1H3,(H2,15,16);1H. The van der Waals surface area contributed by atoms with Gasteiger partial charge in [0.25, 0.3) is 0 Å². The van der Waals surface area contributed by atoms with Crippen LogP contribution in [0.2, 0.25) is 0 Å². The molecule has 0 bridgehead atoms. The smallest absolute Gasteiger partial charge is 0.249 e. The molecule has 0 fully saturated rings. The minimum atomic E-state index is -0.444. The highest BCUT2D eigenvalue weighted by Crippen LogP contribution is 2.23. The minimum Gasteiger partial charge on any atom is -0.457 e. The van der Waals surface area contributed by atoms with Crippen molar-refractivity contribution in [1.82, 2.24) is 0 Å². The van der Waals surface area contributed by atoms with E-state index in [4.69, 9.17) is 10.5 Å². The van der Waals surface area contributed by atoms with Crippen molar-refractivity contribution in [3.8, 4) is 11.5 Å². The van der Waals surface area contributed by atoms with Gasteiger partial charge in [0, 0.05) is 5.56 Å². The number of para-hydroxylation sites is 1. The van der Waals surface area contributed by atoms with Crippen molar-refractivity contribution >= 4 is 18.3 Å². The summed E-state index contributed by atoms with van der Waals surface area (Å²) in [4.78, 5) is 11.2. The Morgan fingerprint density at radius 1 is 1.06 bits per heavy atom. The zero-order valence-electron chi connectivity index (χ0n) is 9.92. The number of nitrogens with two attached hydrogens (primary N) is 1. The summed E-state index contributed by atoms with van der Waals surface area (Å²) in [6.07, 6.45) is 0. The van der Waals surface area contributed by atoms with Gasteiger partial charge in [0.15, 0.2) is 0 Å². The Hall–Kier alpha value is -2.00. The highest BCUT2D eigenvalue weighted by atomic mass is 35.5. The zero-order chi connectivity index (χ0) is 12.3. The summed E-state index contributed by atoms with van der Waals surface area (Å²) in [5, 5.41) is 0. The van der Waals surface area contributed by atoms with Crippen molar-refractivity contribution in [3.63, 3.8) is 0 Å². The van der Waals surface area contributed by atoms with E-state index in [2.05, 4.69) is 0 Å². The van der Waals surface area contributed by atoms with Crippen molar-refractivity contribution < 1.29 is 9.53 Å². The van der Waals surface area contributed by atoms with Crippen molar-refractivity contribution in [2.75, 3.05) is 0 Å². The van der Waals surface area contributed by atoms with Crippen LogP contribution in [-0.4, -0.2) is 5.91 Å². The lowest BCUT2D eigenvalue weighted by molar-refractivity contribution is 0.0999. The van der Waals surface area contributed by atoms with E-state index >= 15 is 0 Å². The van der Waals surface area contributed by atoms with Gasteiger partial charge >= 0.3 is 0 Å². The second kappa shape index (κ2) is 6.07. The van der Waals surface area contributed by atoms with Crippen LogP contribution in [0.15, 0.2) is 48.5 Å². The fourth-order valence-electron chi connectivity index (χ4n) is 1.55. The number of hydrogen-bond acceptors (Lipinski definition) is 2. The van der Waals surface area contributed by atoms with Crippen LogP contribution < -0.4 is 10.5 Å². The number of carbonyl (C=O) groups is 1. The maximum Gasteiger partial charge on any atom is 0.249 e. The second-order valence-electron chi connectivity index (χ2n) is 3.76. The van der Waals surface area contributed by atoms with E-state index in [0.29, 0.717) is 11.3 Å². The lowest BCUT2D eigenvalue weighted by Crippen LogP contribution is -2.12. The highest BCUT2D eigenvalue weighted by molar-refractivity contribution is 5.94. The predicted octanol–water partition coefficient (Wildman–Crippen LogP) is 3.31. The average Bonchev–Trinajstić information content (AvgIpc) is 2.32. The van der Waals surface area contributed by atoms with E-state index in [1.807, 2.05) is 49.4 Å². The van der Waals surface area contributed by atoms with Crippen LogP contribution in [-0.2, 0) is 0 Å². The molecule has 0 aliphatic rings. The Kier molecular flexibility index (Phi) is 4.75. The van der Waals surface area contributed by atoms with Crippen molar-refractivity contribution in [3.05, 3.63) is 59.7 Å². The minimum absolute atomic E-state index is 0. The van der Waals surface area contributed by atoms with Gasteiger partial charge in [-0.2, -0.15) is 0 Å². The lowest BCUT2D eigenvalue weighted by Gasteiger charge is -2.08. The molecular weight excluding hydrogens is 250 g/mol. The maximum atomic E-state index is 11.2. The first-order chi connectivity index (χ1) is 8.16. The molecule has 0 radical (unpaired) electrons. The molecule has 2 aromatic carbocycles. The summed E-state index contributed by atoms with van der Waals surface area (Å²) in [6.45, 7) is 1.84. The third kappa shape index (κ3) is 3.25. The maximum absolute atomic E-state index is 11.2. The second-order valence-corrected chi connectivity index (χ2v) is 3.76. The van der Waals surface area contributed by atoms with Crippen LogP contribution in [0.25, 0.3) is 0 Å². The van der Waals surface area contributed by atoms with Crippen LogP contribution in [0, 0.1) is 6.92 Å². The fraction of sp³-hybridized carbons (Fsp3) is 0.0714. The number of primary amides is 1. The summed E-state index contributed by atoms with van der Waals surface area (Å²) in [7, 11) is 0. The zero-order valence-corrected chi connectivity index (χ0v) is 10.7. The molecule has 0 aromatic heterocycles. The molecule has 4 heteroatoms. The molecule has 0 atom stereocenters. The molecule has 0 spiro atoms. The third-order valence-corrected chi connectivity index (χ3v) is 2.45. The fourth-order valence-corrected chi connectivity index (χ4v) is 1.55. The molecule has 1 amide bonds. The van der Waals surface area contributed by atoms with Crippen molar-refractivity contribution in [2.45, 2.75) is 6.92 Å². The molecule has 0 aliphatic heterocycles. The van der Waals surface area contributed by atoms with Crippen LogP contribution in [0.1, 0.15) is 15.9 Å². The van der Waals surface area contributed by atoms with Gasteiger partial charge in [-0.15, -0.1) is 12.4 Å². The largest absolute Gasteiger partial charge is 0.457 e. The van der Waals surface area contributed by atoms with Gasteiger partial charge in [-0.05, 0) is 36.8 Å². The van der Waals surface area contributed by atoms with Gasteiger partial charge in [-0.3, -0.25) is 4.79 Å². The summed E-state index contributed by atoms with van der Waals surface area (Å²) in [5.41, 5.74) is 6.61. The van der Waals surface area contributed by atoms with Crippen molar-refractivity contribution in [1.29, 1.82) is 0 Å². The highest BCUT2D eigenvalue weighted by Gasteiger charge is 2.06. The van der Waals surface area contributed by atoms with Gasteiger partial charge in [-0.25, -0.2) is 0 Å². The first-order valence-corrected chi connectivity index (χ1v) is 5.30. The Morgan fingerprint density at radius 2 is 1.72 bits per heavy atom. The number of halogens is 1. The molecule has 18 heavy (non-hydrogen) atoms. The number of hydrogen-bond donors (Lipinski definition) is 1. The summed E-state index contributed by atoms with van der Waals surface area (Å²) in [5.74, 6) is 0.892. The molecule has 3 nitrogen and oxygen atoms in total. The molecule has 2 N–H and O–H groups in total. The Morgan fingerprint density at radius 3 is 2.33 bits per heavy atom. The monoisotopic (exact) mass is 263 g/mol. The predicted molar refractivity (Wildman–Crippen MR) is 73.5 cm³/mol. The molecular formula is C14H14ClNO2. The Bertz CT molecular complexity index is 541. The molecule has 0 unspecified atom stereocenters. The quantitative estimate of drug-likeness (QED) is 0.924. The summed E-state index contributed by atoms with van der Waals surface area (Å²) in [6, 6.07) is 14.7. The average molecular weight is 264 g/mol. The van der Waals surface area contributed by atoms with Crippen LogP contribution in [0.5, 0.6) is 11.5 Å². The topological polar surface area (TPSA) is 52.3 Å². The first-order valence-electron chi connectivity index (χ1n) is 5.30. The van der Waals surface area contributed by atoms with Gasteiger partial charge in [0.1, 0.15) is 11.5 Å². The number of amides is 1. The Labute approximate surface area is 112 Å². The van der Waals surface area contributed by atoms with Gasteiger partial charge in [0.05, 0.1) is 0 Å². The molecule has 2 aromatic rings. The number of rotatable bonds is 3. The molecule has 0 saturated heterocycles. The number of carbonyl (C=O) groups excluding carboxylic acids is 1. The third-order valence-electron chi connectivity index (χ3n) is 2.45. The van der Waals surface area contributed by atoms with E-state index in [9.17, 15) is 4.79 Å². The van der Waals surface area contributed by atoms with Gasteiger partial charge in [0.2, 0.25) is 5.91 Å². The lowest BCUT2D eigenvalue weighted by atomic mass is 10.1. The van der Waals surface area contributed by atoms with Crippen molar-refractivity contribution in [2.24, 2.45) is 5.73 Å². The molecule has 2 rings (SSSR count). The molecule has 0 heterocycles. The SMILES string of the molecule is Cc1ccc(Oc2ccccc2)cc1C(N)=O.Cl. The molecule has 0 saturated carbocycles. The number of benzene rings is 2. The van der Waals surface area contributed by atoms with Crippen LogP contribution >= 0.6 is 12.4 Å². The first kappa shape index (κ1) is 14.1. The van der Waals surface area contributed by atoms with E-state index in [1.165, 1.54) is 0 Å². The molecule has 94 valence electrons. The summed E-state index contributed by atoms with van der Waals surface area (Å²) >= 11 is 0. The normalized spacial score (nSPS) is 9.39. The van der Waals surface area contributed by atoms with E-state index < -0.39 is 5.91 Å². The summed E-state index contributed by atoms with van der Waals surface area (Å²) < 4.78 is 5.62. The molecule has 0 aliphatic carbocycles. The van der Waals surface area contributed by atoms with Gasteiger partial charge < -0.3 is 10.5 Å². The number of ether oxygens (including phenoxy) is 1. The van der Waals surface area contributed by atoms with Crippen LogP contribution in [0.3, 0.4) is 0 Å². The number of aryl methyl sites for hydroxylation is 1. The van der Waals surface area contributed by atoms with E-state index in [1.54, 1.807) is 6.07 Å². The Balaban J connectivity index is 0.00000162. The van der Waals surface area contributed by atoms with Crippen LogP contribution in [0.4, 0.5) is 0 Å².